The fraction of sp³-hybridized carbons (Fsp3) is 0.571. The summed E-state index contributed by atoms with van der Waals surface area (Å²) >= 11 is 0. The predicted octanol–water partition coefficient (Wildman–Crippen LogP) is 3.14. The monoisotopic (exact) mass is 355 g/mol. The van der Waals surface area contributed by atoms with Gasteiger partial charge in [-0.3, -0.25) is 14.6 Å². The number of hydrogen-bond acceptors (Lipinski definition) is 3. The molecule has 1 heterocycles. The van der Waals surface area contributed by atoms with Crippen molar-refractivity contribution in [2.24, 2.45) is 10.9 Å². The van der Waals surface area contributed by atoms with Crippen molar-refractivity contribution in [3.63, 3.8) is 0 Å². The van der Waals surface area contributed by atoms with Crippen molar-refractivity contribution < 1.29 is 9.59 Å². The number of nitrogens with one attached hydrogen (secondary N) is 1. The molecule has 1 aromatic rings. The first kappa shape index (κ1) is 18.6. The van der Waals surface area contributed by atoms with Crippen LogP contribution >= 0.6 is 0 Å². The van der Waals surface area contributed by atoms with Gasteiger partial charge >= 0.3 is 0 Å². The molecule has 1 aliphatic heterocycles. The number of aliphatic imine (C=N–C) groups is 1. The molecular formula is C21H29N3O2. The lowest BCUT2D eigenvalue weighted by molar-refractivity contribution is -0.136. The Morgan fingerprint density at radius 1 is 1.19 bits per heavy atom. The van der Waals surface area contributed by atoms with E-state index >= 15 is 0 Å². The van der Waals surface area contributed by atoms with Gasteiger partial charge in [0, 0.05) is 12.1 Å². The summed E-state index contributed by atoms with van der Waals surface area (Å²) in [6, 6.07) is 9.60. The molecule has 1 fully saturated rings. The third-order valence-corrected chi connectivity index (χ3v) is 5.32. The second-order valence-electron chi connectivity index (χ2n) is 7.79. The van der Waals surface area contributed by atoms with Crippen LogP contribution < -0.4 is 5.32 Å². The zero-order chi connectivity index (χ0) is 18.6. The summed E-state index contributed by atoms with van der Waals surface area (Å²) in [4.78, 5) is 32.2. The minimum atomic E-state index is -0.532. The molecule has 0 radical (unpaired) electrons. The quantitative estimate of drug-likeness (QED) is 0.852. The van der Waals surface area contributed by atoms with Crippen LogP contribution in [0.15, 0.2) is 35.3 Å². The lowest BCUT2D eigenvalue weighted by Gasteiger charge is -2.38. The van der Waals surface area contributed by atoms with Crippen molar-refractivity contribution in [2.45, 2.75) is 58.0 Å². The predicted molar refractivity (Wildman–Crippen MR) is 103 cm³/mol. The summed E-state index contributed by atoms with van der Waals surface area (Å²) in [5.74, 6) is 0.340. The van der Waals surface area contributed by atoms with Crippen LogP contribution in [0.4, 0.5) is 0 Å². The molecule has 0 unspecified atom stereocenters. The topological polar surface area (TPSA) is 61.8 Å². The van der Waals surface area contributed by atoms with E-state index in [-0.39, 0.29) is 18.4 Å². The second-order valence-corrected chi connectivity index (χ2v) is 7.79. The van der Waals surface area contributed by atoms with Crippen LogP contribution in [-0.4, -0.2) is 41.2 Å². The number of rotatable bonds is 6. The molecule has 0 bridgehead atoms. The molecule has 2 aliphatic rings. The maximum absolute atomic E-state index is 13.1. The van der Waals surface area contributed by atoms with Gasteiger partial charge in [-0.25, -0.2) is 0 Å². The Hall–Kier alpha value is -2.17. The summed E-state index contributed by atoms with van der Waals surface area (Å²) in [6.45, 7) is 5.01. The fourth-order valence-corrected chi connectivity index (χ4v) is 3.84. The highest BCUT2D eigenvalue weighted by atomic mass is 16.2. The fourth-order valence-electron chi connectivity index (χ4n) is 3.84. The van der Waals surface area contributed by atoms with Crippen molar-refractivity contribution in [3.8, 4) is 0 Å². The summed E-state index contributed by atoms with van der Waals surface area (Å²) in [6.07, 6.45) is 5.88. The van der Waals surface area contributed by atoms with E-state index in [0.29, 0.717) is 18.2 Å². The van der Waals surface area contributed by atoms with E-state index in [4.69, 9.17) is 4.99 Å². The zero-order valence-corrected chi connectivity index (χ0v) is 15.8. The highest BCUT2D eigenvalue weighted by molar-refractivity contribution is 6.47. The normalized spacial score (nSPS) is 19.1. The number of nitrogens with zero attached hydrogens (tertiary/aromatic N) is 2. The number of benzene rings is 1. The van der Waals surface area contributed by atoms with Crippen molar-refractivity contribution in [2.75, 3.05) is 13.1 Å². The zero-order valence-electron chi connectivity index (χ0n) is 15.8. The number of hydrogen-bond donors (Lipinski definition) is 1. The smallest absolute Gasteiger partial charge is 0.275 e. The van der Waals surface area contributed by atoms with Crippen LogP contribution in [0.25, 0.3) is 0 Å². The molecule has 0 aromatic heterocycles. The van der Waals surface area contributed by atoms with E-state index in [1.54, 1.807) is 4.90 Å². The van der Waals surface area contributed by atoms with Gasteiger partial charge in [0.25, 0.3) is 5.91 Å². The average Bonchev–Trinajstić information content (AvgIpc) is 2.89. The molecule has 3 rings (SSSR count). The van der Waals surface area contributed by atoms with E-state index in [1.807, 2.05) is 30.3 Å². The molecule has 0 saturated heterocycles. The Balaban J connectivity index is 1.77. The van der Waals surface area contributed by atoms with Crippen LogP contribution in [0.2, 0.25) is 0 Å². The van der Waals surface area contributed by atoms with Gasteiger partial charge in [0.1, 0.15) is 17.9 Å². The largest absolute Gasteiger partial charge is 0.355 e. The third kappa shape index (κ3) is 3.97. The SMILES string of the molecule is CC(C)CCNC(=O)CN1C(=O)C(c2ccccc2)=NC12CCCCC2. The van der Waals surface area contributed by atoms with Crippen LogP contribution in [-0.2, 0) is 9.59 Å². The van der Waals surface area contributed by atoms with E-state index < -0.39 is 5.66 Å². The molecule has 1 saturated carbocycles. The first-order valence-corrected chi connectivity index (χ1v) is 9.76. The molecule has 1 aromatic carbocycles. The molecule has 5 heteroatoms. The Bertz CT molecular complexity index is 676. The molecule has 5 nitrogen and oxygen atoms in total. The van der Waals surface area contributed by atoms with Gasteiger partial charge in [0.2, 0.25) is 5.91 Å². The van der Waals surface area contributed by atoms with Crippen molar-refractivity contribution in [1.82, 2.24) is 10.2 Å². The molecular weight excluding hydrogens is 326 g/mol. The van der Waals surface area contributed by atoms with Crippen LogP contribution in [0.5, 0.6) is 0 Å². The second kappa shape index (κ2) is 8.02. The minimum absolute atomic E-state index is 0.0894. The summed E-state index contributed by atoms with van der Waals surface area (Å²) < 4.78 is 0. The lowest BCUT2D eigenvalue weighted by Crippen LogP contribution is -2.52. The Morgan fingerprint density at radius 2 is 1.88 bits per heavy atom. The van der Waals surface area contributed by atoms with E-state index in [2.05, 4.69) is 19.2 Å². The number of carbonyl (C=O) groups is 2. The van der Waals surface area contributed by atoms with Gasteiger partial charge in [0.15, 0.2) is 0 Å². The maximum atomic E-state index is 13.1. The van der Waals surface area contributed by atoms with Crippen LogP contribution in [0.3, 0.4) is 0 Å². The van der Waals surface area contributed by atoms with Gasteiger partial charge in [-0.1, -0.05) is 50.6 Å². The first-order chi connectivity index (χ1) is 12.5. The van der Waals surface area contributed by atoms with E-state index in [0.717, 1.165) is 37.7 Å². The minimum Gasteiger partial charge on any atom is -0.355 e. The van der Waals surface area contributed by atoms with E-state index in [1.165, 1.54) is 6.42 Å². The lowest BCUT2D eigenvalue weighted by atomic mass is 9.88. The Kier molecular flexibility index (Phi) is 5.74. The van der Waals surface area contributed by atoms with Gasteiger partial charge in [-0.15, -0.1) is 0 Å². The van der Waals surface area contributed by atoms with Gasteiger partial charge in [-0.2, -0.15) is 0 Å². The highest BCUT2D eigenvalue weighted by Crippen LogP contribution is 2.39. The molecule has 1 spiro atoms. The van der Waals surface area contributed by atoms with Crippen molar-refractivity contribution >= 4 is 17.5 Å². The van der Waals surface area contributed by atoms with Gasteiger partial charge in [-0.05, 0) is 38.0 Å². The van der Waals surface area contributed by atoms with Crippen molar-refractivity contribution in [1.29, 1.82) is 0 Å². The molecule has 2 amide bonds. The van der Waals surface area contributed by atoms with Crippen LogP contribution in [0.1, 0.15) is 57.9 Å². The third-order valence-electron chi connectivity index (χ3n) is 5.32. The summed E-state index contributed by atoms with van der Waals surface area (Å²) in [5, 5.41) is 2.95. The van der Waals surface area contributed by atoms with Crippen molar-refractivity contribution in [3.05, 3.63) is 35.9 Å². The number of amides is 2. The molecule has 140 valence electrons. The number of carbonyl (C=O) groups excluding carboxylic acids is 2. The highest BCUT2D eigenvalue weighted by Gasteiger charge is 2.48. The van der Waals surface area contributed by atoms with E-state index in [9.17, 15) is 9.59 Å². The molecule has 26 heavy (non-hydrogen) atoms. The molecule has 1 aliphatic carbocycles. The van der Waals surface area contributed by atoms with Gasteiger partial charge < -0.3 is 10.2 Å². The first-order valence-electron chi connectivity index (χ1n) is 9.76. The molecule has 0 atom stereocenters. The molecule has 1 N–H and O–H groups in total. The van der Waals surface area contributed by atoms with Crippen LogP contribution in [0, 0.1) is 5.92 Å². The van der Waals surface area contributed by atoms with Gasteiger partial charge in [0.05, 0.1) is 0 Å². The summed E-state index contributed by atoms with van der Waals surface area (Å²) in [5.41, 5.74) is 0.809. The Labute approximate surface area is 155 Å². The Morgan fingerprint density at radius 3 is 2.54 bits per heavy atom. The summed E-state index contributed by atoms with van der Waals surface area (Å²) in [7, 11) is 0. The standard InChI is InChI=1S/C21H29N3O2/c1-16(2)11-14-22-18(25)15-24-20(26)19(17-9-5-3-6-10-17)23-21(24)12-7-4-8-13-21/h3,5-6,9-10,16H,4,7-8,11-15H2,1-2H3,(H,22,25). The maximum Gasteiger partial charge on any atom is 0.275 e. The average molecular weight is 355 g/mol.